The van der Waals surface area contributed by atoms with Crippen LogP contribution in [0.1, 0.15) is 0 Å². The lowest BCUT2D eigenvalue weighted by molar-refractivity contribution is 0.505. The maximum absolute atomic E-state index is 5.02. The highest BCUT2D eigenvalue weighted by Gasteiger charge is 1.77. The van der Waals surface area contributed by atoms with E-state index < -0.39 is 0 Å². The molecule has 0 bridgehead atoms. The molecule has 0 atom stereocenters. The number of hydrogen-bond donors (Lipinski definition) is 0. The molecule has 1 aromatic heterocycles. The van der Waals surface area contributed by atoms with Gasteiger partial charge in [-0.1, -0.05) is 22.5 Å². The highest BCUT2D eigenvalue weighted by Crippen LogP contribution is 1.77. The molecule has 42 valence electrons. The first-order chi connectivity index (χ1) is 3.83. The summed E-state index contributed by atoms with van der Waals surface area (Å²) < 4.78 is 5.02. The Hall–Kier alpha value is -0.500. The van der Waals surface area contributed by atoms with Crippen molar-refractivity contribution >= 4 is 27.5 Å². The third-order valence-corrected chi connectivity index (χ3v) is 1.24. The molecule has 8 heavy (non-hydrogen) atoms. The Kier molecular flexibility index (Phi) is 1.53. The summed E-state index contributed by atoms with van der Waals surface area (Å²) in [7, 11) is 0. The predicted octanol–water partition coefficient (Wildman–Crippen LogP) is 0.823. The van der Waals surface area contributed by atoms with Gasteiger partial charge in [0, 0.05) is 4.99 Å². The average molecular weight is 173 g/mol. The summed E-state index contributed by atoms with van der Waals surface area (Å²) >= 11 is 3.12. The highest BCUT2D eigenvalue weighted by atomic mass is 79.9. The summed E-state index contributed by atoms with van der Waals surface area (Å²) in [6, 6.07) is 3.66. The number of halogens is 1. The average Bonchev–Trinajstić information content (AvgIpc) is 2.14. The molecule has 2 heteroatoms. The second kappa shape index (κ2) is 2.18. The zero-order chi connectivity index (χ0) is 5.98. The number of hydrogen-bond acceptors (Lipinski definition) is 1. The standard InChI is InChI=1S/C6H5BrO/c1-5-2-3-6(4-7)8-5/h2-4H,1H2/b6-4-. The van der Waals surface area contributed by atoms with E-state index in [-0.39, 0.29) is 0 Å². The van der Waals surface area contributed by atoms with Crippen molar-refractivity contribution in [1.82, 2.24) is 0 Å². The van der Waals surface area contributed by atoms with E-state index in [2.05, 4.69) is 22.5 Å². The first-order valence-corrected chi connectivity index (χ1v) is 3.10. The summed E-state index contributed by atoms with van der Waals surface area (Å²) in [5, 5.41) is 0. The second-order valence-electron chi connectivity index (χ2n) is 1.41. The Balaban J connectivity index is 3.41. The van der Waals surface area contributed by atoms with Crippen LogP contribution in [0.3, 0.4) is 0 Å². The van der Waals surface area contributed by atoms with Crippen LogP contribution in [-0.4, -0.2) is 0 Å². The van der Waals surface area contributed by atoms with Crippen LogP contribution < -0.4 is 10.8 Å². The molecule has 0 saturated carbocycles. The molecule has 0 unspecified atom stereocenters. The molecule has 1 nitrogen and oxygen atoms in total. The lowest BCUT2D eigenvalue weighted by atomic mass is 10.6. The molecular weight excluding hydrogens is 168 g/mol. The first kappa shape index (κ1) is 5.63. The van der Waals surface area contributed by atoms with Gasteiger partial charge in [-0.15, -0.1) is 0 Å². The summed E-state index contributed by atoms with van der Waals surface area (Å²) in [5.41, 5.74) is 1.49. The van der Waals surface area contributed by atoms with Crippen molar-refractivity contribution in [2.24, 2.45) is 0 Å². The summed E-state index contributed by atoms with van der Waals surface area (Å²) in [6.07, 6.45) is 0. The van der Waals surface area contributed by atoms with Crippen molar-refractivity contribution in [1.29, 1.82) is 0 Å². The van der Waals surface area contributed by atoms with Gasteiger partial charge in [-0.25, -0.2) is 0 Å². The molecule has 0 aliphatic heterocycles. The van der Waals surface area contributed by atoms with E-state index in [0.29, 0.717) is 5.42 Å². The van der Waals surface area contributed by atoms with Crippen molar-refractivity contribution in [3.8, 4) is 0 Å². The molecule has 0 aliphatic carbocycles. The van der Waals surface area contributed by atoms with E-state index >= 15 is 0 Å². The van der Waals surface area contributed by atoms with Crippen LogP contribution in [0.15, 0.2) is 16.5 Å². The van der Waals surface area contributed by atoms with Crippen molar-refractivity contribution < 1.29 is 4.42 Å². The van der Waals surface area contributed by atoms with Gasteiger partial charge >= 0.3 is 0 Å². The topological polar surface area (TPSA) is 13.1 Å². The van der Waals surface area contributed by atoms with Gasteiger partial charge in [0.15, 0.2) is 0 Å². The molecule has 1 heterocycles. The monoisotopic (exact) mass is 172 g/mol. The van der Waals surface area contributed by atoms with Gasteiger partial charge in [-0.2, -0.15) is 0 Å². The van der Waals surface area contributed by atoms with Crippen molar-refractivity contribution in [3.05, 3.63) is 23.0 Å². The fourth-order valence-corrected chi connectivity index (χ4v) is 0.699. The highest BCUT2D eigenvalue weighted by molar-refractivity contribution is 9.14. The van der Waals surface area contributed by atoms with E-state index in [1.54, 1.807) is 4.99 Å². The van der Waals surface area contributed by atoms with Crippen LogP contribution >= 0.6 is 15.9 Å². The minimum absolute atomic E-state index is 0.690. The van der Waals surface area contributed by atoms with Crippen LogP contribution in [0, 0.1) is 0 Å². The van der Waals surface area contributed by atoms with Crippen molar-refractivity contribution in [2.75, 3.05) is 0 Å². The van der Waals surface area contributed by atoms with E-state index in [1.165, 1.54) is 0 Å². The van der Waals surface area contributed by atoms with E-state index in [9.17, 15) is 0 Å². The molecule has 0 fully saturated rings. The number of furan rings is 1. The van der Waals surface area contributed by atoms with Gasteiger partial charge in [-0.05, 0) is 12.1 Å². The van der Waals surface area contributed by atoms with Crippen molar-refractivity contribution in [2.45, 2.75) is 0 Å². The van der Waals surface area contributed by atoms with Gasteiger partial charge in [0.25, 0.3) is 0 Å². The number of rotatable bonds is 0. The largest absolute Gasteiger partial charge is 0.457 e. The maximum Gasteiger partial charge on any atom is 0.134 e. The van der Waals surface area contributed by atoms with Crippen LogP contribution in [0.2, 0.25) is 0 Å². The second-order valence-corrected chi connectivity index (χ2v) is 1.87. The fraction of sp³-hybridized carbons (Fsp3) is 0. The van der Waals surface area contributed by atoms with Gasteiger partial charge in [0.1, 0.15) is 10.8 Å². The minimum Gasteiger partial charge on any atom is -0.457 e. The molecule has 0 saturated heterocycles. The summed E-state index contributed by atoms with van der Waals surface area (Å²) in [6.45, 7) is 3.58. The summed E-state index contributed by atoms with van der Waals surface area (Å²) in [4.78, 5) is 1.71. The normalized spacial score (nSPS) is 12.4. The van der Waals surface area contributed by atoms with Gasteiger partial charge in [0.2, 0.25) is 0 Å². The van der Waals surface area contributed by atoms with Crippen LogP contribution in [0.4, 0.5) is 0 Å². The molecule has 0 aromatic carbocycles. The Labute approximate surface area is 55.4 Å². The SMILES string of the molecule is C=c1cc/c(=C/Br)o1. The van der Waals surface area contributed by atoms with Gasteiger partial charge in [-0.3, -0.25) is 0 Å². The molecule has 0 aliphatic rings. The third-order valence-electron chi connectivity index (χ3n) is 0.790. The quantitative estimate of drug-likeness (QED) is 0.566. The molecule has 0 amide bonds. The van der Waals surface area contributed by atoms with E-state index in [4.69, 9.17) is 4.42 Å². The molecule has 0 N–H and O–H groups in total. The Bertz CT molecular complexity index is 260. The Morgan fingerprint density at radius 2 is 2.38 bits per heavy atom. The van der Waals surface area contributed by atoms with Crippen LogP contribution in [0.5, 0.6) is 0 Å². The third kappa shape index (κ3) is 1.01. The Morgan fingerprint density at radius 3 is 2.62 bits per heavy atom. The van der Waals surface area contributed by atoms with Gasteiger partial charge in [0.05, 0.1) is 0 Å². The lowest BCUT2D eigenvalue weighted by Gasteiger charge is -1.66. The lowest BCUT2D eigenvalue weighted by Crippen LogP contribution is -1.94. The van der Waals surface area contributed by atoms with Crippen molar-refractivity contribution in [3.63, 3.8) is 0 Å². The predicted molar refractivity (Wildman–Crippen MR) is 36.9 cm³/mol. The molecular formula is C6H5BrO. The molecule has 1 rings (SSSR count). The van der Waals surface area contributed by atoms with E-state index in [1.807, 2.05) is 12.1 Å². The van der Waals surface area contributed by atoms with E-state index in [0.717, 1.165) is 5.42 Å². The summed E-state index contributed by atoms with van der Waals surface area (Å²) in [5.74, 6) is 0. The fourth-order valence-electron chi connectivity index (χ4n) is 0.453. The smallest absolute Gasteiger partial charge is 0.134 e. The first-order valence-electron chi connectivity index (χ1n) is 2.18. The zero-order valence-electron chi connectivity index (χ0n) is 4.23. The molecule has 0 radical (unpaired) electrons. The zero-order valence-corrected chi connectivity index (χ0v) is 5.81. The molecule has 1 aromatic rings. The Morgan fingerprint density at radius 1 is 1.62 bits per heavy atom. The van der Waals surface area contributed by atoms with Crippen LogP contribution in [0.25, 0.3) is 11.6 Å². The minimum atomic E-state index is 0.690. The van der Waals surface area contributed by atoms with Crippen LogP contribution in [-0.2, 0) is 0 Å². The van der Waals surface area contributed by atoms with Gasteiger partial charge < -0.3 is 4.42 Å². The maximum atomic E-state index is 5.02. The molecule has 0 spiro atoms.